The number of rotatable bonds is 1. The van der Waals surface area contributed by atoms with E-state index in [9.17, 15) is 4.39 Å². The fraction of sp³-hybridized carbons (Fsp3) is 0.286. The molecule has 88 valence electrons. The molecule has 0 saturated carbocycles. The molecular weight excluding hydrogens is 219 g/mol. The molecule has 0 amide bonds. The molecule has 0 aliphatic carbocycles. The first-order valence-electron chi connectivity index (χ1n) is 5.72. The zero-order valence-electron chi connectivity index (χ0n) is 10.1. The number of hydrogen-bond donors (Lipinski definition) is 0. The Morgan fingerprint density at radius 1 is 1.06 bits per heavy atom. The van der Waals surface area contributed by atoms with Crippen molar-refractivity contribution in [2.75, 3.05) is 0 Å². The average Bonchev–Trinajstić information content (AvgIpc) is 2.77. The highest BCUT2D eigenvalue weighted by Crippen LogP contribution is 2.32. The van der Waals surface area contributed by atoms with Crippen LogP contribution in [-0.4, -0.2) is 0 Å². The third-order valence-corrected chi connectivity index (χ3v) is 3.31. The molecule has 0 atom stereocenters. The number of benzene rings is 1. The smallest absolute Gasteiger partial charge is 0.172 e. The van der Waals surface area contributed by atoms with E-state index in [4.69, 9.17) is 8.83 Å². The molecule has 0 aliphatic heterocycles. The predicted molar refractivity (Wildman–Crippen MR) is 64.8 cm³/mol. The van der Waals surface area contributed by atoms with Crippen LogP contribution < -0.4 is 0 Å². The molecular formula is C14H13FO2. The van der Waals surface area contributed by atoms with Crippen LogP contribution in [0, 0.1) is 19.7 Å². The highest BCUT2D eigenvalue weighted by atomic mass is 19.1. The Balaban J connectivity index is 2.44. The van der Waals surface area contributed by atoms with Crippen LogP contribution in [0.1, 0.15) is 24.0 Å². The third kappa shape index (κ3) is 1.32. The van der Waals surface area contributed by atoms with E-state index in [0.717, 1.165) is 22.3 Å². The molecule has 0 unspecified atom stereocenters. The van der Waals surface area contributed by atoms with Gasteiger partial charge in [0.05, 0.1) is 5.39 Å². The zero-order valence-corrected chi connectivity index (χ0v) is 10.1. The number of furan rings is 2. The average molecular weight is 232 g/mol. The predicted octanol–water partition coefficient (Wildman–Crippen LogP) is 4.50. The van der Waals surface area contributed by atoms with Crippen molar-refractivity contribution in [1.82, 2.24) is 0 Å². The summed E-state index contributed by atoms with van der Waals surface area (Å²) in [5, 5.41) is 1.49. The van der Waals surface area contributed by atoms with Gasteiger partial charge in [0.25, 0.3) is 0 Å². The maximum absolute atomic E-state index is 13.9. The minimum atomic E-state index is -0.267. The van der Waals surface area contributed by atoms with E-state index in [2.05, 4.69) is 0 Å². The van der Waals surface area contributed by atoms with E-state index < -0.39 is 0 Å². The second-order valence-corrected chi connectivity index (χ2v) is 4.32. The molecule has 2 nitrogen and oxygen atoms in total. The maximum Gasteiger partial charge on any atom is 0.172 e. The molecule has 1 aromatic carbocycles. The van der Waals surface area contributed by atoms with Crippen LogP contribution in [0.4, 0.5) is 4.39 Å². The minimum Gasteiger partial charge on any atom is -0.461 e. The summed E-state index contributed by atoms with van der Waals surface area (Å²) < 4.78 is 25.0. The third-order valence-electron chi connectivity index (χ3n) is 3.31. The van der Waals surface area contributed by atoms with E-state index in [1.165, 1.54) is 0 Å². The fourth-order valence-corrected chi connectivity index (χ4v) is 2.18. The molecule has 0 bridgehead atoms. The van der Waals surface area contributed by atoms with Crippen LogP contribution in [0.15, 0.2) is 21.0 Å². The summed E-state index contributed by atoms with van der Waals surface area (Å²) in [5.74, 6) is 1.00. The molecule has 17 heavy (non-hydrogen) atoms. The van der Waals surface area contributed by atoms with E-state index in [-0.39, 0.29) is 5.82 Å². The quantitative estimate of drug-likeness (QED) is 0.617. The highest BCUT2D eigenvalue weighted by molar-refractivity contribution is 5.95. The number of hydrogen-bond acceptors (Lipinski definition) is 2. The van der Waals surface area contributed by atoms with Crippen LogP contribution in [0.3, 0.4) is 0 Å². The van der Waals surface area contributed by atoms with Crippen molar-refractivity contribution in [3.63, 3.8) is 0 Å². The van der Waals surface area contributed by atoms with Crippen molar-refractivity contribution in [2.45, 2.75) is 27.2 Å². The van der Waals surface area contributed by atoms with Crippen molar-refractivity contribution in [3.8, 4) is 0 Å². The summed E-state index contributed by atoms with van der Waals surface area (Å²) in [7, 11) is 0. The SMILES string of the molecule is CCc1oc2cc3c(C)c(C)oc3cc2c1F. The van der Waals surface area contributed by atoms with E-state index in [1.54, 1.807) is 6.07 Å². The molecule has 0 fully saturated rings. The Hall–Kier alpha value is -1.77. The van der Waals surface area contributed by atoms with Gasteiger partial charge in [0.15, 0.2) is 5.82 Å². The first kappa shape index (κ1) is 10.4. The second-order valence-electron chi connectivity index (χ2n) is 4.32. The summed E-state index contributed by atoms with van der Waals surface area (Å²) in [6.07, 6.45) is 0.555. The lowest BCUT2D eigenvalue weighted by molar-refractivity contribution is 0.504. The summed E-state index contributed by atoms with van der Waals surface area (Å²) in [6.45, 7) is 5.78. The molecule has 2 heterocycles. The molecule has 3 heteroatoms. The van der Waals surface area contributed by atoms with Gasteiger partial charge in [-0.3, -0.25) is 0 Å². The normalized spacial score (nSPS) is 11.8. The maximum atomic E-state index is 13.9. The Labute approximate surface area is 98.0 Å². The van der Waals surface area contributed by atoms with Gasteiger partial charge in [-0.1, -0.05) is 6.92 Å². The van der Waals surface area contributed by atoms with Gasteiger partial charge in [0, 0.05) is 11.8 Å². The molecule has 0 N–H and O–H groups in total. The lowest BCUT2D eigenvalue weighted by atomic mass is 10.1. The van der Waals surface area contributed by atoms with Crippen LogP contribution in [0.25, 0.3) is 21.9 Å². The van der Waals surface area contributed by atoms with Crippen molar-refractivity contribution in [1.29, 1.82) is 0 Å². The lowest BCUT2D eigenvalue weighted by Gasteiger charge is -1.90. The van der Waals surface area contributed by atoms with E-state index in [0.29, 0.717) is 23.2 Å². The van der Waals surface area contributed by atoms with Crippen LogP contribution in [-0.2, 0) is 6.42 Å². The minimum absolute atomic E-state index is 0.267. The fourth-order valence-electron chi connectivity index (χ4n) is 2.18. The summed E-state index contributed by atoms with van der Waals surface area (Å²) in [5.41, 5.74) is 2.39. The first-order chi connectivity index (χ1) is 8.11. The Kier molecular flexibility index (Phi) is 2.05. The first-order valence-corrected chi connectivity index (χ1v) is 5.72. The Morgan fingerprint density at radius 2 is 1.71 bits per heavy atom. The molecule has 0 aliphatic rings. The summed E-state index contributed by atoms with van der Waals surface area (Å²) in [6, 6.07) is 3.58. The second kappa shape index (κ2) is 3.36. The number of halogens is 1. The van der Waals surface area contributed by atoms with Crippen molar-refractivity contribution in [3.05, 3.63) is 35.0 Å². The topological polar surface area (TPSA) is 26.3 Å². The number of fused-ring (bicyclic) bond motifs is 2. The standard InChI is InChI=1S/C14H13FO2/c1-4-11-14(15)10-6-12-9(5-13(10)17-11)7(2)8(3)16-12/h5-6H,4H2,1-3H3. The van der Waals surface area contributed by atoms with Gasteiger partial charge in [-0.15, -0.1) is 0 Å². The largest absolute Gasteiger partial charge is 0.461 e. The molecule has 0 radical (unpaired) electrons. The van der Waals surface area contributed by atoms with E-state index in [1.807, 2.05) is 26.8 Å². The Bertz CT molecular complexity index is 719. The monoisotopic (exact) mass is 232 g/mol. The molecule has 0 saturated heterocycles. The van der Waals surface area contributed by atoms with Gasteiger partial charge in [0.1, 0.15) is 22.7 Å². The van der Waals surface area contributed by atoms with Crippen LogP contribution >= 0.6 is 0 Å². The number of aryl methyl sites for hydroxylation is 3. The van der Waals surface area contributed by atoms with Gasteiger partial charge in [-0.25, -0.2) is 4.39 Å². The summed E-state index contributed by atoms with van der Waals surface area (Å²) >= 11 is 0. The highest BCUT2D eigenvalue weighted by Gasteiger charge is 2.16. The van der Waals surface area contributed by atoms with Crippen molar-refractivity contribution >= 4 is 21.9 Å². The van der Waals surface area contributed by atoms with Gasteiger partial charge >= 0.3 is 0 Å². The molecule has 2 aromatic heterocycles. The summed E-state index contributed by atoms with van der Waals surface area (Å²) in [4.78, 5) is 0. The molecule has 3 aromatic rings. The lowest BCUT2D eigenvalue weighted by Crippen LogP contribution is -1.78. The van der Waals surface area contributed by atoms with Gasteiger partial charge in [0.2, 0.25) is 0 Å². The van der Waals surface area contributed by atoms with Crippen molar-refractivity contribution < 1.29 is 13.2 Å². The van der Waals surface area contributed by atoms with Crippen LogP contribution in [0.2, 0.25) is 0 Å². The Morgan fingerprint density at radius 3 is 2.41 bits per heavy atom. The van der Waals surface area contributed by atoms with Gasteiger partial charge in [-0.2, -0.15) is 0 Å². The zero-order chi connectivity index (χ0) is 12.2. The molecule has 0 spiro atoms. The van der Waals surface area contributed by atoms with Gasteiger partial charge < -0.3 is 8.83 Å². The van der Waals surface area contributed by atoms with Gasteiger partial charge in [-0.05, 0) is 31.5 Å². The van der Waals surface area contributed by atoms with Crippen LogP contribution in [0.5, 0.6) is 0 Å². The molecule has 3 rings (SSSR count). The van der Waals surface area contributed by atoms with E-state index >= 15 is 0 Å². The van der Waals surface area contributed by atoms with Crippen molar-refractivity contribution in [2.24, 2.45) is 0 Å².